The molecule has 0 aliphatic rings. The summed E-state index contributed by atoms with van der Waals surface area (Å²) in [6.07, 6.45) is 0.734. The van der Waals surface area contributed by atoms with Crippen molar-refractivity contribution in [2.75, 3.05) is 20.6 Å². The molecule has 0 amide bonds. The molecule has 1 aromatic carbocycles. The van der Waals surface area contributed by atoms with E-state index in [-0.39, 0.29) is 12.1 Å². The number of ether oxygens (including phenoxy) is 1. The van der Waals surface area contributed by atoms with Crippen LogP contribution >= 0.6 is 0 Å². The van der Waals surface area contributed by atoms with Gasteiger partial charge in [0.2, 0.25) is 5.76 Å². The van der Waals surface area contributed by atoms with Crippen LogP contribution in [0.3, 0.4) is 0 Å². The first kappa shape index (κ1) is 14.6. The van der Waals surface area contributed by atoms with Crippen LogP contribution in [0.4, 0.5) is 0 Å². The summed E-state index contributed by atoms with van der Waals surface area (Å²) in [5, 5.41) is 0.963. The molecular formula is C16H22NO3+. The van der Waals surface area contributed by atoms with Crippen molar-refractivity contribution >= 4 is 16.9 Å². The minimum Gasteiger partial charge on any atom is -0.457 e. The maximum atomic E-state index is 12.2. The minimum absolute atomic E-state index is 0.106. The molecule has 108 valence electrons. The summed E-state index contributed by atoms with van der Waals surface area (Å²) in [6.45, 7) is 4.77. The van der Waals surface area contributed by atoms with Gasteiger partial charge in [0.1, 0.15) is 11.7 Å². The molecule has 1 atom stereocenters. The van der Waals surface area contributed by atoms with Crippen LogP contribution in [-0.2, 0) is 4.74 Å². The predicted molar refractivity (Wildman–Crippen MR) is 78.1 cm³/mol. The number of rotatable bonds is 5. The first-order valence-electron chi connectivity index (χ1n) is 6.97. The number of hydrogen-bond donors (Lipinski definition) is 1. The number of esters is 1. The molecule has 20 heavy (non-hydrogen) atoms. The van der Waals surface area contributed by atoms with Crippen LogP contribution in [0.5, 0.6) is 0 Å². The Bertz CT molecular complexity index is 601. The average molecular weight is 276 g/mol. The van der Waals surface area contributed by atoms with Gasteiger partial charge < -0.3 is 14.1 Å². The zero-order chi connectivity index (χ0) is 14.7. The van der Waals surface area contributed by atoms with Crippen molar-refractivity contribution in [3.05, 3.63) is 35.6 Å². The van der Waals surface area contributed by atoms with Gasteiger partial charge in [0.25, 0.3) is 0 Å². The summed E-state index contributed by atoms with van der Waals surface area (Å²) in [5.74, 6) is -0.0600. The summed E-state index contributed by atoms with van der Waals surface area (Å²) in [4.78, 5) is 13.5. The Morgan fingerprint density at radius 1 is 1.35 bits per heavy atom. The topological polar surface area (TPSA) is 43.9 Å². The highest BCUT2D eigenvalue weighted by Gasteiger charge is 2.21. The van der Waals surface area contributed by atoms with E-state index in [0.29, 0.717) is 5.76 Å². The molecule has 1 aromatic heterocycles. The fourth-order valence-corrected chi connectivity index (χ4v) is 2.16. The molecule has 0 aliphatic carbocycles. The van der Waals surface area contributed by atoms with E-state index in [4.69, 9.17) is 9.15 Å². The maximum Gasteiger partial charge on any atom is 0.374 e. The molecule has 0 unspecified atom stereocenters. The Labute approximate surface area is 119 Å². The van der Waals surface area contributed by atoms with Crippen molar-refractivity contribution in [1.82, 2.24) is 0 Å². The third kappa shape index (κ3) is 3.20. The van der Waals surface area contributed by atoms with Crippen molar-refractivity contribution < 1.29 is 18.8 Å². The molecule has 2 rings (SSSR count). The summed E-state index contributed by atoms with van der Waals surface area (Å²) < 4.78 is 11.1. The Hall–Kier alpha value is -1.81. The predicted octanol–water partition coefficient (Wildman–Crippen LogP) is 1.82. The van der Waals surface area contributed by atoms with Crippen molar-refractivity contribution in [1.29, 1.82) is 0 Å². The van der Waals surface area contributed by atoms with Crippen LogP contribution in [-0.4, -0.2) is 32.7 Å². The second kappa shape index (κ2) is 6.09. The van der Waals surface area contributed by atoms with Gasteiger partial charge in [-0.15, -0.1) is 0 Å². The third-order valence-corrected chi connectivity index (χ3v) is 3.39. The molecule has 4 nitrogen and oxygen atoms in total. The highest BCUT2D eigenvalue weighted by atomic mass is 16.6. The fourth-order valence-electron chi connectivity index (χ4n) is 2.16. The lowest BCUT2D eigenvalue weighted by atomic mass is 10.1. The van der Waals surface area contributed by atoms with Crippen molar-refractivity contribution in [2.24, 2.45) is 0 Å². The summed E-state index contributed by atoms with van der Waals surface area (Å²) >= 11 is 0. The van der Waals surface area contributed by atoms with Gasteiger partial charge in [-0.05, 0) is 19.9 Å². The van der Waals surface area contributed by atoms with Gasteiger partial charge in [0.15, 0.2) is 0 Å². The van der Waals surface area contributed by atoms with Crippen LogP contribution in [0.15, 0.2) is 28.7 Å². The van der Waals surface area contributed by atoms with Gasteiger partial charge in [-0.2, -0.15) is 0 Å². The number of quaternary nitrogens is 1. The van der Waals surface area contributed by atoms with Crippen molar-refractivity contribution in [2.45, 2.75) is 26.4 Å². The normalized spacial score (nSPS) is 12.8. The maximum absolute atomic E-state index is 12.2. The first-order valence-corrected chi connectivity index (χ1v) is 6.97. The lowest BCUT2D eigenvalue weighted by molar-refractivity contribution is -0.858. The van der Waals surface area contributed by atoms with Crippen molar-refractivity contribution in [3.8, 4) is 0 Å². The monoisotopic (exact) mass is 276 g/mol. The van der Waals surface area contributed by atoms with E-state index >= 15 is 0 Å². The number of nitrogens with one attached hydrogen (secondary N) is 1. The number of furan rings is 1. The highest BCUT2D eigenvalue weighted by molar-refractivity contribution is 5.95. The Morgan fingerprint density at radius 2 is 2.05 bits per heavy atom. The molecule has 0 saturated carbocycles. The Kier molecular flexibility index (Phi) is 4.45. The van der Waals surface area contributed by atoms with Crippen LogP contribution in [0.2, 0.25) is 0 Å². The number of para-hydroxylation sites is 1. The second-order valence-corrected chi connectivity index (χ2v) is 5.51. The van der Waals surface area contributed by atoms with E-state index in [2.05, 4.69) is 14.1 Å². The largest absolute Gasteiger partial charge is 0.457 e. The smallest absolute Gasteiger partial charge is 0.374 e. The molecule has 1 N–H and O–H groups in total. The van der Waals surface area contributed by atoms with Crippen LogP contribution in [0.1, 0.15) is 29.5 Å². The summed E-state index contributed by atoms with van der Waals surface area (Å²) in [7, 11) is 4.16. The van der Waals surface area contributed by atoms with Gasteiger partial charge in [-0.25, -0.2) is 4.79 Å². The third-order valence-electron chi connectivity index (χ3n) is 3.39. The van der Waals surface area contributed by atoms with Crippen molar-refractivity contribution in [3.63, 3.8) is 0 Å². The Balaban J connectivity index is 2.09. The van der Waals surface area contributed by atoms with Gasteiger partial charge in [-0.3, -0.25) is 0 Å². The molecule has 0 radical (unpaired) electrons. The second-order valence-electron chi connectivity index (χ2n) is 5.51. The molecule has 0 fully saturated rings. The van der Waals surface area contributed by atoms with Gasteiger partial charge in [0.05, 0.1) is 20.6 Å². The van der Waals surface area contributed by atoms with E-state index < -0.39 is 0 Å². The van der Waals surface area contributed by atoms with E-state index in [9.17, 15) is 4.79 Å². The van der Waals surface area contributed by atoms with Crippen LogP contribution in [0.25, 0.3) is 11.0 Å². The molecule has 4 heteroatoms. The highest BCUT2D eigenvalue weighted by Crippen LogP contribution is 2.25. The zero-order valence-electron chi connectivity index (χ0n) is 12.5. The van der Waals surface area contributed by atoms with Gasteiger partial charge in [0, 0.05) is 17.4 Å². The fraction of sp³-hybridized carbons (Fsp3) is 0.438. The lowest BCUT2D eigenvalue weighted by Crippen LogP contribution is -3.05. The standard InChI is InChI=1S/C16H21NO3/c1-11(9-10-17(3)4)19-16(18)15-12(2)13-7-5-6-8-14(13)20-15/h5-8,11H,9-10H2,1-4H3/p+1/t11-/m1/s1. The lowest BCUT2D eigenvalue weighted by Gasteiger charge is -2.14. The minimum atomic E-state index is -0.375. The van der Waals surface area contributed by atoms with Crippen LogP contribution in [0, 0.1) is 6.92 Å². The average Bonchev–Trinajstić information content (AvgIpc) is 2.74. The number of carbonyl (C=O) groups excluding carboxylic acids is 1. The molecule has 0 aliphatic heterocycles. The number of benzene rings is 1. The van der Waals surface area contributed by atoms with Gasteiger partial charge in [-0.1, -0.05) is 18.2 Å². The number of carbonyl (C=O) groups is 1. The van der Waals surface area contributed by atoms with E-state index in [1.54, 1.807) is 0 Å². The van der Waals surface area contributed by atoms with Crippen LogP contribution < -0.4 is 4.90 Å². The van der Waals surface area contributed by atoms with E-state index in [1.165, 1.54) is 4.90 Å². The molecule has 0 saturated heterocycles. The summed E-state index contributed by atoms with van der Waals surface area (Å²) in [5.41, 5.74) is 1.57. The molecule has 2 aromatic rings. The SMILES string of the molecule is Cc1c(C(=O)O[C@H](C)CC[NH+](C)C)oc2ccccc12. The molecular weight excluding hydrogens is 254 g/mol. The number of aryl methyl sites for hydroxylation is 1. The molecule has 0 bridgehead atoms. The zero-order valence-corrected chi connectivity index (χ0v) is 12.5. The number of hydrogen-bond acceptors (Lipinski definition) is 3. The summed E-state index contributed by atoms with van der Waals surface area (Å²) in [6, 6.07) is 7.63. The van der Waals surface area contributed by atoms with E-state index in [1.807, 2.05) is 38.1 Å². The number of fused-ring (bicyclic) bond motifs is 1. The Morgan fingerprint density at radius 3 is 2.70 bits per heavy atom. The van der Waals surface area contributed by atoms with E-state index in [0.717, 1.165) is 29.5 Å². The first-order chi connectivity index (χ1) is 9.49. The molecule has 0 spiro atoms. The molecule has 1 heterocycles. The quantitative estimate of drug-likeness (QED) is 0.847. The van der Waals surface area contributed by atoms with Gasteiger partial charge >= 0.3 is 5.97 Å².